The van der Waals surface area contributed by atoms with Crippen LogP contribution in [0.3, 0.4) is 0 Å². The van der Waals surface area contributed by atoms with Crippen LogP contribution in [0.15, 0.2) is 18.2 Å². The van der Waals surface area contributed by atoms with Crippen molar-refractivity contribution in [1.82, 2.24) is 0 Å². The van der Waals surface area contributed by atoms with Crippen molar-refractivity contribution in [3.8, 4) is 0 Å². The Balaban J connectivity index is 2.13. The maximum Gasteiger partial charge on any atom is 0.0688 e. The van der Waals surface area contributed by atoms with Gasteiger partial charge in [0.2, 0.25) is 0 Å². The number of aliphatic hydroxyl groups is 1. The summed E-state index contributed by atoms with van der Waals surface area (Å²) in [5.41, 5.74) is 1.73. The summed E-state index contributed by atoms with van der Waals surface area (Å²) in [5, 5.41) is 11.3. The molecule has 0 amide bonds. The number of halogens is 1. The van der Waals surface area contributed by atoms with Crippen LogP contribution in [0.2, 0.25) is 5.02 Å². The SMILES string of the molecule is Cc1ccc(CC2(O)CCCCC2)c(Cl)c1. The molecule has 1 fully saturated rings. The van der Waals surface area contributed by atoms with Crippen molar-refractivity contribution in [2.75, 3.05) is 0 Å². The Labute approximate surface area is 102 Å². The Morgan fingerprint density at radius 2 is 1.94 bits per heavy atom. The van der Waals surface area contributed by atoms with Gasteiger partial charge in [-0.05, 0) is 37.0 Å². The number of benzene rings is 1. The molecule has 0 radical (unpaired) electrons. The molecule has 0 saturated heterocycles. The fraction of sp³-hybridized carbons (Fsp3) is 0.571. The summed E-state index contributed by atoms with van der Waals surface area (Å²) in [7, 11) is 0. The Kier molecular flexibility index (Phi) is 3.56. The highest BCUT2D eigenvalue weighted by atomic mass is 35.5. The van der Waals surface area contributed by atoms with Crippen LogP contribution in [0.25, 0.3) is 0 Å². The zero-order valence-corrected chi connectivity index (χ0v) is 10.6. The predicted molar refractivity (Wildman–Crippen MR) is 67.9 cm³/mol. The van der Waals surface area contributed by atoms with Crippen molar-refractivity contribution in [3.05, 3.63) is 34.3 Å². The van der Waals surface area contributed by atoms with Crippen LogP contribution < -0.4 is 0 Å². The molecule has 0 atom stereocenters. The van der Waals surface area contributed by atoms with Gasteiger partial charge in [-0.15, -0.1) is 0 Å². The van der Waals surface area contributed by atoms with Crippen LogP contribution in [0.4, 0.5) is 0 Å². The maximum absolute atomic E-state index is 10.5. The summed E-state index contributed by atoms with van der Waals surface area (Å²) in [4.78, 5) is 0. The molecule has 2 heteroatoms. The van der Waals surface area contributed by atoms with Crippen LogP contribution in [0.5, 0.6) is 0 Å². The maximum atomic E-state index is 10.5. The molecule has 88 valence electrons. The first-order valence-electron chi connectivity index (χ1n) is 6.06. The van der Waals surface area contributed by atoms with E-state index in [1.54, 1.807) is 0 Å². The standard InChI is InChI=1S/C14H19ClO/c1-11-5-6-12(13(15)9-11)10-14(16)7-3-2-4-8-14/h5-6,9,16H,2-4,7-8,10H2,1H3. The van der Waals surface area contributed by atoms with Crippen LogP contribution in [-0.2, 0) is 6.42 Å². The molecule has 1 aliphatic carbocycles. The molecule has 1 nitrogen and oxygen atoms in total. The molecule has 0 spiro atoms. The van der Waals surface area contributed by atoms with E-state index in [1.165, 1.54) is 12.0 Å². The van der Waals surface area contributed by atoms with E-state index in [0.717, 1.165) is 36.3 Å². The molecule has 1 aromatic rings. The van der Waals surface area contributed by atoms with Gasteiger partial charge in [-0.25, -0.2) is 0 Å². The molecule has 0 aromatic heterocycles. The highest BCUT2D eigenvalue weighted by Gasteiger charge is 2.29. The van der Waals surface area contributed by atoms with E-state index in [9.17, 15) is 5.11 Å². The molecule has 0 heterocycles. The number of rotatable bonds is 2. The summed E-state index contributed by atoms with van der Waals surface area (Å²) < 4.78 is 0. The monoisotopic (exact) mass is 238 g/mol. The molecule has 1 aliphatic rings. The first-order valence-corrected chi connectivity index (χ1v) is 6.44. The third kappa shape index (κ3) is 2.78. The number of hydrogen-bond donors (Lipinski definition) is 1. The summed E-state index contributed by atoms with van der Waals surface area (Å²) in [5.74, 6) is 0. The molecular weight excluding hydrogens is 220 g/mol. The van der Waals surface area contributed by atoms with Crippen molar-refractivity contribution in [2.24, 2.45) is 0 Å². The zero-order valence-electron chi connectivity index (χ0n) is 9.80. The van der Waals surface area contributed by atoms with Gasteiger partial charge in [-0.3, -0.25) is 0 Å². The smallest absolute Gasteiger partial charge is 0.0688 e. The largest absolute Gasteiger partial charge is 0.390 e. The molecule has 0 bridgehead atoms. The second-order valence-electron chi connectivity index (χ2n) is 5.06. The minimum absolute atomic E-state index is 0.517. The first-order chi connectivity index (χ1) is 7.59. The molecular formula is C14H19ClO. The lowest BCUT2D eigenvalue weighted by Crippen LogP contribution is -2.33. The van der Waals surface area contributed by atoms with E-state index < -0.39 is 5.60 Å². The quantitative estimate of drug-likeness (QED) is 0.829. The third-order valence-electron chi connectivity index (χ3n) is 3.51. The summed E-state index contributed by atoms with van der Waals surface area (Å²) in [6.07, 6.45) is 6.06. The van der Waals surface area contributed by atoms with Gasteiger partial charge in [0.25, 0.3) is 0 Å². The van der Waals surface area contributed by atoms with E-state index in [4.69, 9.17) is 11.6 Å². The minimum Gasteiger partial charge on any atom is -0.390 e. The van der Waals surface area contributed by atoms with Crippen LogP contribution in [0.1, 0.15) is 43.2 Å². The van der Waals surface area contributed by atoms with Gasteiger partial charge in [0, 0.05) is 11.4 Å². The highest BCUT2D eigenvalue weighted by Crippen LogP contribution is 2.33. The van der Waals surface area contributed by atoms with Gasteiger partial charge in [0.15, 0.2) is 0 Å². The molecule has 1 N–H and O–H groups in total. The lowest BCUT2D eigenvalue weighted by atomic mass is 9.80. The fourth-order valence-electron chi connectivity index (χ4n) is 2.54. The highest BCUT2D eigenvalue weighted by molar-refractivity contribution is 6.31. The lowest BCUT2D eigenvalue weighted by Gasteiger charge is -2.32. The van der Waals surface area contributed by atoms with E-state index in [1.807, 2.05) is 19.1 Å². The topological polar surface area (TPSA) is 20.2 Å². The summed E-state index contributed by atoms with van der Waals surface area (Å²) >= 11 is 6.20. The second-order valence-corrected chi connectivity index (χ2v) is 5.46. The average Bonchev–Trinajstić information content (AvgIpc) is 2.23. The van der Waals surface area contributed by atoms with Crippen LogP contribution in [0, 0.1) is 6.92 Å². The summed E-state index contributed by atoms with van der Waals surface area (Å²) in [6.45, 7) is 2.03. The van der Waals surface area contributed by atoms with Crippen molar-refractivity contribution in [3.63, 3.8) is 0 Å². The first kappa shape index (κ1) is 11.9. The molecule has 16 heavy (non-hydrogen) atoms. The molecule has 2 rings (SSSR count). The van der Waals surface area contributed by atoms with Gasteiger partial charge in [0.05, 0.1) is 5.60 Å². The normalized spacial score (nSPS) is 19.7. The van der Waals surface area contributed by atoms with Gasteiger partial charge >= 0.3 is 0 Å². The minimum atomic E-state index is -0.517. The zero-order chi connectivity index (χ0) is 11.6. The van der Waals surface area contributed by atoms with Gasteiger partial charge in [-0.1, -0.05) is 43.0 Å². The number of aryl methyl sites for hydroxylation is 1. The van der Waals surface area contributed by atoms with E-state index in [2.05, 4.69) is 6.07 Å². The summed E-state index contributed by atoms with van der Waals surface area (Å²) in [6, 6.07) is 6.08. The van der Waals surface area contributed by atoms with Gasteiger partial charge < -0.3 is 5.11 Å². The average molecular weight is 239 g/mol. The fourth-order valence-corrected chi connectivity index (χ4v) is 2.84. The Bertz CT molecular complexity index is 367. The molecule has 0 unspecified atom stereocenters. The van der Waals surface area contributed by atoms with Crippen LogP contribution >= 0.6 is 11.6 Å². The van der Waals surface area contributed by atoms with Crippen molar-refractivity contribution >= 4 is 11.6 Å². The van der Waals surface area contributed by atoms with E-state index >= 15 is 0 Å². The van der Waals surface area contributed by atoms with Crippen molar-refractivity contribution in [2.45, 2.75) is 51.0 Å². The molecule has 0 aliphatic heterocycles. The Morgan fingerprint density at radius 3 is 2.56 bits per heavy atom. The van der Waals surface area contributed by atoms with Gasteiger partial charge in [-0.2, -0.15) is 0 Å². The van der Waals surface area contributed by atoms with Crippen molar-refractivity contribution in [1.29, 1.82) is 0 Å². The molecule has 1 aromatic carbocycles. The molecule has 1 saturated carbocycles. The predicted octanol–water partition coefficient (Wildman–Crippen LogP) is 3.89. The Morgan fingerprint density at radius 1 is 1.25 bits per heavy atom. The number of hydrogen-bond acceptors (Lipinski definition) is 1. The Hall–Kier alpha value is -0.530. The second kappa shape index (κ2) is 4.77. The van der Waals surface area contributed by atoms with Crippen LogP contribution in [-0.4, -0.2) is 10.7 Å². The van der Waals surface area contributed by atoms with E-state index in [-0.39, 0.29) is 0 Å². The van der Waals surface area contributed by atoms with Gasteiger partial charge in [0.1, 0.15) is 0 Å². The van der Waals surface area contributed by atoms with Crippen molar-refractivity contribution < 1.29 is 5.11 Å². The third-order valence-corrected chi connectivity index (χ3v) is 3.86. The van der Waals surface area contributed by atoms with E-state index in [0.29, 0.717) is 6.42 Å². The lowest BCUT2D eigenvalue weighted by molar-refractivity contribution is 0.00450.